The van der Waals surface area contributed by atoms with Crippen molar-refractivity contribution in [2.24, 2.45) is 5.73 Å². The molecule has 0 spiro atoms. The zero-order valence-corrected chi connectivity index (χ0v) is 11.6. The van der Waals surface area contributed by atoms with Crippen LogP contribution in [0.1, 0.15) is 28.6 Å². The van der Waals surface area contributed by atoms with Gasteiger partial charge >= 0.3 is 0 Å². The Bertz CT molecular complexity index is 581. The number of nitrogens with two attached hydrogens (primary N) is 1. The summed E-state index contributed by atoms with van der Waals surface area (Å²) in [5.74, 6) is -0.334. The van der Waals surface area contributed by atoms with Gasteiger partial charge in [0.05, 0.1) is 11.4 Å². The van der Waals surface area contributed by atoms with E-state index in [9.17, 15) is 4.39 Å². The monoisotopic (exact) mass is 279 g/mol. The van der Waals surface area contributed by atoms with E-state index in [2.05, 4.69) is 10.2 Å². The number of aryl methyl sites for hydroxylation is 2. The Kier molecular flexibility index (Phi) is 4.12. The van der Waals surface area contributed by atoms with Crippen LogP contribution in [0.3, 0.4) is 0 Å². The van der Waals surface area contributed by atoms with Gasteiger partial charge in [0.1, 0.15) is 5.82 Å². The summed E-state index contributed by atoms with van der Waals surface area (Å²) in [6.45, 7) is 3.68. The first-order valence-electron chi connectivity index (χ1n) is 5.98. The normalized spacial score (nSPS) is 12.5. The molecule has 0 aliphatic heterocycles. The van der Waals surface area contributed by atoms with E-state index < -0.39 is 0 Å². The molecule has 1 unspecified atom stereocenters. The van der Waals surface area contributed by atoms with Crippen LogP contribution in [0.5, 0.6) is 0 Å². The van der Waals surface area contributed by atoms with Gasteiger partial charge < -0.3 is 5.73 Å². The molecule has 2 N–H and O–H groups in total. The topological polar surface area (TPSA) is 51.8 Å². The molecule has 5 heteroatoms. The summed E-state index contributed by atoms with van der Waals surface area (Å²) in [6, 6.07) is 6.15. The van der Waals surface area contributed by atoms with Gasteiger partial charge in [0.15, 0.2) is 0 Å². The van der Waals surface area contributed by atoms with Crippen molar-refractivity contribution in [3.8, 4) is 0 Å². The molecule has 0 amide bonds. The van der Waals surface area contributed by atoms with Crippen LogP contribution in [0, 0.1) is 19.7 Å². The highest BCUT2D eigenvalue weighted by atomic mass is 35.5. The molecular weight excluding hydrogens is 265 g/mol. The molecule has 2 aromatic rings. The van der Waals surface area contributed by atoms with Crippen LogP contribution >= 0.6 is 11.6 Å². The average molecular weight is 280 g/mol. The van der Waals surface area contributed by atoms with Crippen molar-refractivity contribution in [3.63, 3.8) is 0 Å². The summed E-state index contributed by atoms with van der Waals surface area (Å²) in [4.78, 5) is 0. The Hall–Kier alpha value is -1.52. The molecule has 2 rings (SSSR count). The summed E-state index contributed by atoms with van der Waals surface area (Å²) < 4.78 is 13.7. The number of rotatable bonds is 3. The maximum atomic E-state index is 13.7. The van der Waals surface area contributed by atoms with Gasteiger partial charge in [-0.25, -0.2) is 4.39 Å². The molecule has 19 heavy (non-hydrogen) atoms. The van der Waals surface area contributed by atoms with E-state index in [1.807, 2.05) is 19.9 Å². The number of hydrogen-bond acceptors (Lipinski definition) is 3. The zero-order chi connectivity index (χ0) is 14.0. The predicted molar refractivity (Wildman–Crippen MR) is 73.5 cm³/mol. The molecule has 1 aromatic carbocycles. The molecule has 100 valence electrons. The van der Waals surface area contributed by atoms with Crippen LogP contribution in [0.4, 0.5) is 4.39 Å². The molecule has 0 fully saturated rings. The summed E-state index contributed by atoms with van der Waals surface area (Å²) >= 11 is 6.01. The SMILES string of the molecule is Cc1cc(C(N)Cc2c(F)cccc2Cl)c(C)nn1. The first-order valence-corrected chi connectivity index (χ1v) is 6.36. The van der Waals surface area contributed by atoms with Crippen molar-refractivity contribution in [2.75, 3.05) is 0 Å². The van der Waals surface area contributed by atoms with E-state index in [1.54, 1.807) is 12.1 Å². The second-order valence-corrected chi connectivity index (χ2v) is 4.94. The summed E-state index contributed by atoms with van der Waals surface area (Å²) in [5, 5.41) is 8.38. The highest BCUT2D eigenvalue weighted by Gasteiger charge is 2.16. The van der Waals surface area contributed by atoms with Gasteiger partial charge in [-0.3, -0.25) is 0 Å². The number of benzene rings is 1. The van der Waals surface area contributed by atoms with Crippen molar-refractivity contribution < 1.29 is 4.39 Å². The van der Waals surface area contributed by atoms with Gasteiger partial charge in [0.25, 0.3) is 0 Å². The Morgan fingerprint density at radius 1 is 1.32 bits per heavy atom. The minimum atomic E-state index is -0.358. The maximum Gasteiger partial charge on any atom is 0.127 e. The number of halogens is 2. The minimum Gasteiger partial charge on any atom is -0.324 e. The first-order chi connectivity index (χ1) is 8.99. The lowest BCUT2D eigenvalue weighted by Gasteiger charge is -2.15. The van der Waals surface area contributed by atoms with Crippen LogP contribution in [0.2, 0.25) is 5.02 Å². The Labute approximate surface area is 116 Å². The van der Waals surface area contributed by atoms with Crippen LogP contribution in [-0.4, -0.2) is 10.2 Å². The zero-order valence-electron chi connectivity index (χ0n) is 10.8. The first kappa shape index (κ1) is 13.9. The van der Waals surface area contributed by atoms with E-state index in [-0.39, 0.29) is 11.9 Å². The van der Waals surface area contributed by atoms with E-state index >= 15 is 0 Å². The second kappa shape index (κ2) is 5.63. The van der Waals surface area contributed by atoms with Gasteiger partial charge in [0.2, 0.25) is 0 Å². The molecule has 1 heterocycles. The minimum absolute atomic E-state index is 0.331. The van der Waals surface area contributed by atoms with Gasteiger partial charge in [-0.15, -0.1) is 0 Å². The summed E-state index contributed by atoms with van der Waals surface area (Å²) in [7, 11) is 0. The van der Waals surface area contributed by atoms with Crippen LogP contribution in [0.25, 0.3) is 0 Å². The van der Waals surface area contributed by atoms with Crippen molar-refractivity contribution in [2.45, 2.75) is 26.3 Å². The maximum absolute atomic E-state index is 13.7. The quantitative estimate of drug-likeness (QED) is 0.939. The van der Waals surface area contributed by atoms with E-state index in [0.717, 1.165) is 17.0 Å². The average Bonchev–Trinajstić information content (AvgIpc) is 2.37. The number of aromatic nitrogens is 2. The molecule has 0 aliphatic rings. The fourth-order valence-corrected chi connectivity index (χ4v) is 2.24. The third-order valence-electron chi connectivity index (χ3n) is 3.03. The molecule has 0 saturated heterocycles. The predicted octanol–water partition coefficient (Wildman–Crippen LogP) is 3.13. The van der Waals surface area contributed by atoms with Crippen LogP contribution in [-0.2, 0) is 6.42 Å². The Morgan fingerprint density at radius 3 is 2.74 bits per heavy atom. The van der Waals surface area contributed by atoms with E-state index in [0.29, 0.717) is 17.0 Å². The fourth-order valence-electron chi connectivity index (χ4n) is 2.00. The summed E-state index contributed by atoms with van der Waals surface area (Å²) in [5.41, 5.74) is 8.99. The van der Waals surface area contributed by atoms with Crippen molar-refractivity contribution in [3.05, 3.63) is 57.6 Å². The van der Waals surface area contributed by atoms with Gasteiger partial charge in [-0.1, -0.05) is 17.7 Å². The molecule has 3 nitrogen and oxygen atoms in total. The highest BCUT2D eigenvalue weighted by molar-refractivity contribution is 6.31. The van der Waals surface area contributed by atoms with Crippen molar-refractivity contribution in [1.29, 1.82) is 0 Å². The van der Waals surface area contributed by atoms with Gasteiger partial charge in [0, 0.05) is 16.6 Å². The van der Waals surface area contributed by atoms with Gasteiger partial charge in [-0.05, 0) is 44.0 Å². The molecule has 1 atom stereocenters. The van der Waals surface area contributed by atoms with E-state index in [1.165, 1.54) is 6.07 Å². The Balaban J connectivity index is 2.31. The fraction of sp³-hybridized carbons (Fsp3) is 0.286. The van der Waals surface area contributed by atoms with Crippen LogP contribution in [0.15, 0.2) is 24.3 Å². The molecule has 0 bridgehead atoms. The van der Waals surface area contributed by atoms with Crippen molar-refractivity contribution in [1.82, 2.24) is 10.2 Å². The highest BCUT2D eigenvalue weighted by Crippen LogP contribution is 2.25. The molecular formula is C14H15ClFN3. The molecule has 1 aromatic heterocycles. The van der Waals surface area contributed by atoms with Crippen LogP contribution < -0.4 is 5.73 Å². The standard InChI is InChI=1S/C14H15ClFN3/c1-8-6-10(9(2)19-18-8)14(17)7-11-12(15)4-3-5-13(11)16/h3-6,14H,7,17H2,1-2H3. The Morgan fingerprint density at radius 2 is 2.05 bits per heavy atom. The van der Waals surface area contributed by atoms with E-state index in [4.69, 9.17) is 17.3 Å². The lowest BCUT2D eigenvalue weighted by Crippen LogP contribution is -2.17. The number of hydrogen-bond donors (Lipinski definition) is 1. The summed E-state index contributed by atoms with van der Waals surface area (Å²) in [6.07, 6.45) is 0.331. The van der Waals surface area contributed by atoms with Crippen molar-refractivity contribution >= 4 is 11.6 Å². The number of nitrogens with zero attached hydrogens (tertiary/aromatic N) is 2. The molecule has 0 aliphatic carbocycles. The lowest BCUT2D eigenvalue weighted by molar-refractivity contribution is 0.591. The molecule has 0 saturated carbocycles. The lowest BCUT2D eigenvalue weighted by atomic mass is 9.98. The van der Waals surface area contributed by atoms with Gasteiger partial charge in [-0.2, -0.15) is 10.2 Å². The third kappa shape index (κ3) is 3.08. The second-order valence-electron chi connectivity index (χ2n) is 4.54. The largest absolute Gasteiger partial charge is 0.324 e. The molecule has 0 radical (unpaired) electrons. The third-order valence-corrected chi connectivity index (χ3v) is 3.38. The smallest absolute Gasteiger partial charge is 0.127 e.